The van der Waals surface area contributed by atoms with Gasteiger partial charge in [0.2, 0.25) is 0 Å². The van der Waals surface area contributed by atoms with Crippen LogP contribution in [0.15, 0.2) is 40.8 Å². The largest absolute Gasteiger partial charge is 0.465 e. The van der Waals surface area contributed by atoms with Crippen molar-refractivity contribution in [2.75, 3.05) is 7.05 Å². The second kappa shape index (κ2) is 7.43. The molecule has 0 aliphatic heterocycles. The summed E-state index contributed by atoms with van der Waals surface area (Å²) in [5, 5.41) is 3.44. The molecule has 3 nitrogen and oxygen atoms in total. The third kappa shape index (κ3) is 5.03. The van der Waals surface area contributed by atoms with Gasteiger partial charge in [0, 0.05) is 24.7 Å². The van der Waals surface area contributed by atoms with Gasteiger partial charge in [-0.05, 0) is 25.6 Å². The van der Waals surface area contributed by atoms with Crippen molar-refractivity contribution in [3.05, 3.63) is 59.0 Å². The summed E-state index contributed by atoms with van der Waals surface area (Å²) in [5.74, 6) is 2.05. The van der Waals surface area contributed by atoms with E-state index in [4.69, 9.17) is 4.42 Å². The molecular formula is C18H26N2O. The van der Waals surface area contributed by atoms with Gasteiger partial charge in [0.1, 0.15) is 11.5 Å². The normalized spacial score (nSPS) is 11.5. The Balaban J connectivity index is 1.92. The summed E-state index contributed by atoms with van der Waals surface area (Å²) in [7, 11) is 2.12. The van der Waals surface area contributed by atoms with Gasteiger partial charge in [-0.2, -0.15) is 0 Å². The van der Waals surface area contributed by atoms with Crippen LogP contribution in [-0.2, 0) is 19.6 Å². The second-order valence-electron chi connectivity index (χ2n) is 5.99. The number of rotatable bonds is 7. The molecule has 2 rings (SSSR count). The lowest BCUT2D eigenvalue weighted by atomic mass is 10.2. The maximum atomic E-state index is 5.87. The lowest BCUT2D eigenvalue weighted by Crippen LogP contribution is -2.21. The highest BCUT2D eigenvalue weighted by Crippen LogP contribution is 2.17. The fraction of sp³-hybridized carbons (Fsp3) is 0.444. The van der Waals surface area contributed by atoms with Gasteiger partial charge in [0.15, 0.2) is 0 Å². The molecule has 0 aliphatic carbocycles. The topological polar surface area (TPSA) is 28.4 Å². The summed E-state index contributed by atoms with van der Waals surface area (Å²) < 4.78 is 5.87. The quantitative estimate of drug-likeness (QED) is 0.841. The van der Waals surface area contributed by atoms with Crippen molar-refractivity contribution in [3.8, 4) is 0 Å². The Kier molecular flexibility index (Phi) is 5.59. The van der Waals surface area contributed by atoms with Crippen LogP contribution in [0.1, 0.15) is 36.5 Å². The number of hydrogen-bond acceptors (Lipinski definition) is 3. The van der Waals surface area contributed by atoms with Crippen LogP contribution in [0.2, 0.25) is 0 Å². The van der Waals surface area contributed by atoms with E-state index in [1.807, 2.05) is 13.0 Å². The summed E-state index contributed by atoms with van der Waals surface area (Å²) in [6, 6.07) is 13.2. The first-order valence-corrected chi connectivity index (χ1v) is 7.58. The van der Waals surface area contributed by atoms with Gasteiger partial charge in [-0.15, -0.1) is 0 Å². The van der Waals surface area contributed by atoms with Crippen molar-refractivity contribution in [1.82, 2.24) is 10.2 Å². The Morgan fingerprint density at radius 3 is 2.52 bits per heavy atom. The van der Waals surface area contributed by atoms with Gasteiger partial charge in [-0.3, -0.25) is 4.90 Å². The molecule has 0 bridgehead atoms. The van der Waals surface area contributed by atoms with Crippen LogP contribution in [0.3, 0.4) is 0 Å². The standard InChI is InChI=1S/C18H26N2O/c1-14(2)19-11-17-10-18(21-15(17)3)13-20(4)12-16-8-6-5-7-9-16/h5-10,14,19H,11-13H2,1-4H3. The highest BCUT2D eigenvalue weighted by Gasteiger charge is 2.10. The van der Waals surface area contributed by atoms with Gasteiger partial charge in [-0.1, -0.05) is 44.2 Å². The molecule has 1 aromatic carbocycles. The van der Waals surface area contributed by atoms with Crippen molar-refractivity contribution >= 4 is 0 Å². The predicted molar refractivity (Wildman–Crippen MR) is 87.0 cm³/mol. The maximum Gasteiger partial charge on any atom is 0.118 e. The van der Waals surface area contributed by atoms with Gasteiger partial charge < -0.3 is 9.73 Å². The van der Waals surface area contributed by atoms with Crippen LogP contribution >= 0.6 is 0 Å². The third-order valence-corrected chi connectivity index (χ3v) is 3.49. The van der Waals surface area contributed by atoms with Gasteiger partial charge in [0.05, 0.1) is 6.54 Å². The Morgan fingerprint density at radius 1 is 1.14 bits per heavy atom. The highest BCUT2D eigenvalue weighted by molar-refractivity contribution is 5.21. The number of nitrogens with zero attached hydrogens (tertiary/aromatic N) is 1. The first kappa shape index (κ1) is 15.8. The molecule has 1 heterocycles. The van der Waals surface area contributed by atoms with E-state index in [9.17, 15) is 0 Å². The number of benzene rings is 1. The Bertz CT molecular complexity index is 546. The lowest BCUT2D eigenvalue weighted by molar-refractivity contribution is 0.285. The van der Waals surface area contributed by atoms with E-state index in [-0.39, 0.29) is 0 Å². The minimum Gasteiger partial charge on any atom is -0.465 e. The SMILES string of the molecule is Cc1oc(CN(C)Cc2ccccc2)cc1CNC(C)C. The molecular weight excluding hydrogens is 260 g/mol. The maximum absolute atomic E-state index is 5.87. The molecule has 0 radical (unpaired) electrons. The zero-order valence-electron chi connectivity index (χ0n) is 13.5. The second-order valence-corrected chi connectivity index (χ2v) is 5.99. The van der Waals surface area contributed by atoms with Crippen LogP contribution in [0, 0.1) is 6.92 Å². The fourth-order valence-electron chi connectivity index (χ4n) is 2.37. The van der Waals surface area contributed by atoms with Crippen LogP contribution < -0.4 is 5.32 Å². The molecule has 0 saturated heterocycles. The third-order valence-electron chi connectivity index (χ3n) is 3.49. The van der Waals surface area contributed by atoms with Crippen molar-refractivity contribution in [2.24, 2.45) is 0 Å². The number of furan rings is 1. The van der Waals surface area contributed by atoms with Gasteiger partial charge >= 0.3 is 0 Å². The van der Waals surface area contributed by atoms with Crippen molar-refractivity contribution in [3.63, 3.8) is 0 Å². The molecule has 0 unspecified atom stereocenters. The molecule has 0 aliphatic rings. The van der Waals surface area contributed by atoms with E-state index in [0.29, 0.717) is 6.04 Å². The molecule has 0 fully saturated rings. The van der Waals surface area contributed by atoms with E-state index in [2.05, 4.69) is 61.4 Å². The molecule has 1 aromatic heterocycles. The van der Waals surface area contributed by atoms with Crippen LogP contribution in [0.25, 0.3) is 0 Å². The van der Waals surface area contributed by atoms with Gasteiger partial charge in [-0.25, -0.2) is 0 Å². The van der Waals surface area contributed by atoms with Crippen molar-refractivity contribution < 1.29 is 4.42 Å². The van der Waals surface area contributed by atoms with Crippen LogP contribution in [0.5, 0.6) is 0 Å². The van der Waals surface area contributed by atoms with Crippen molar-refractivity contribution in [2.45, 2.75) is 46.4 Å². The Hall–Kier alpha value is -1.58. The van der Waals surface area contributed by atoms with E-state index < -0.39 is 0 Å². The minimum absolute atomic E-state index is 0.489. The summed E-state index contributed by atoms with van der Waals surface area (Å²) in [6.07, 6.45) is 0. The van der Waals surface area contributed by atoms with Crippen LogP contribution in [0.4, 0.5) is 0 Å². The van der Waals surface area contributed by atoms with E-state index in [1.165, 1.54) is 11.1 Å². The van der Waals surface area contributed by atoms with Crippen LogP contribution in [-0.4, -0.2) is 18.0 Å². The molecule has 114 valence electrons. The van der Waals surface area contributed by atoms with E-state index >= 15 is 0 Å². The summed E-state index contributed by atoms with van der Waals surface area (Å²) in [5.41, 5.74) is 2.58. The molecule has 0 spiro atoms. The van der Waals surface area contributed by atoms with E-state index in [0.717, 1.165) is 31.2 Å². The molecule has 21 heavy (non-hydrogen) atoms. The average Bonchev–Trinajstić information content (AvgIpc) is 2.77. The Labute approximate surface area is 128 Å². The zero-order valence-corrected chi connectivity index (χ0v) is 13.5. The predicted octanol–water partition coefficient (Wildman–Crippen LogP) is 3.72. The first-order chi connectivity index (χ1) is 10.0. The van der Waals surface area contributed by atoms with Gasteiger partial charge in [0.25, 0.3) is 0 Å². The molecule has 0 amide bonds. The molecule has 0 atom stereocenters. The monoisotopic (exact) mass is 286 g/mol. The number of aryl methyl sites for hydroxylation is 1. The molecule has 2 aromatic rings. The van der Waals surface area contributed by atoms with E-state index in [1.54, 1.807) is 0 Å². The lowest BCUT2D eigenvalue weighted by Gasteiger charge is -2.14. The smallest absolute Gasteiger partial charge is 0.118 e. The Morgan fingerprint density at radius 2 is 1.86 bits per heavy atom. The average molecular weight is 286 g/mol. The number of nitrogens with one attached hydrogen (secondary N) is 1. The molecule has 3 heteroatoms. The van der Waals surface area contributed by atoms with Crippen molar-refractivity contribution in [1.29, 1.82) is 0 Å². The highest BCUT2D eigenvalue weighted by atomic mass is 16.3. The minimum atomic E-state index is 0.489. The fourth-order valence-corrected chi connectivity index (χ4v) is 2.37. The number of hydrogen-bond donors (Lipinski definition) is 1. The molecule has 0 saturated carbocycles. The summed E-state index contributed by atoms with van der Waals surface area (Å²) >= 11 is 0. The summed E-state index contributed by atoms with van der Waals surface area (Å²) in [4.78, 5) is 2.27. The zero-order chi connectivity index (χ0) is 15.2. The first-order valence-electron chi connectivity index (χ1n) is 7.58. The summed E-state index contributed by atoms with van der Waals surface area (Å²) in [6.45, 7) is 8.99. The molecule has 1 N–H and O–H groups in total.